The van der Waals surface area contributed by atoms with Crippen LogP contribution in [0.1, 0.15) is 30.2 Å². The molecule has 2 N–H and O–H groups in total. The molecule has 1 aromatic heterocycles. The van der Waals surface area contributed by atoms with Crippen LogP contribution < -0.4 is 5.69 Å². The molecule has 21 heavy (non-hydrogen) atoms. The minimum Gasteiger partial charge on any atom is -0.478 e. The summed E-state index contributed by atoms with van der Waals surface area (Å²) in [5.41, 5.74) is -0.979. The lowest BCUT2D eigenvalue weighted by Crippen LogP contribution is -2.19. The van der Waals surface area contributed by atoms with Gasteiger partial charge in [-0.2, -0.15) is 0 Å². The predicted octanol–water partition coefficient (Wildman–Crippen LogP) is 2.28. The topological polar surface area (TPSA) is 88.0 Å². The van der Waals surface area contributed by atoms with E-state index in [2.05, 4.69) is 10.2 Å². The first-order valence-corrected chi connectivity index (χ1v) is 6.70. The number of carboxylic acid groups (broad SMARTS) is 1. The molecule has 0 unspecified atom stereocenters. The summed E-state index contributed by atoms with van der Waals surface area (Å²) >= 11 is 0.615. The molecule has 0 aliphatic rings. The summed E-state index contributed by atoms with van der Waals surface area (Å²) in [4.78, 5) is 21.9. The monoisotopic (exact) mass is 315 g/mol. The number of H-pyrrole nitrogens is 1. The van der Waals surface area contributed by atoms with Crippen LogP contribution >= 0.6 is 11.8 Å². The summed E-state index contributed by atoms with van der Waals surface area (Å²) in [5.74, 6) is -3.48. The van der Waals surface area contributed by atoms with E-state index in [1.165, 1.54) is 4.57 Å². The fraction of sp³-hybridized carbons (Fsp3) is 0.250. The molecule has 0 saturated heterocycles. The van der Waals surface area contributed by atoms with E-state index in [1.54, 1.807) is 13.8 Å². The fourth-order valence-corrected chi connectivity index (χ4v) is 2.67. The summed E-state index contributed by atoms with van der Waals surface area (Å²) in [5, 5.41) is 14.7. The number of aromatic carboxylic acids is 1. The van der Waals surface area contributed by atoms with Gasteiger partial charge in [0.2, 0.25) is 0 Å². The van der Waals surface area contributed by atoms with Crippen LogP contribution in [0, 0.1) is 11.6 Å². The molecule has 0 aliphatic heterocycles. The maximum atomic E-state index is 13.8. The number of aromatic nitrogens is 3. The highest BCUT2D eigenvalue weighted by Crippen LogP contribution is 2.32. The van der Waals surface area contributed by atoms with Crippen molar-refractivity contribution in [2.24, 2.45) is 0 Å². The van der Waals surface area contributed by atoms with E-state index in [1.807, 2.05) is 0 Å². The predicted molar refractivity (Wildman–Crippen MR) is 70.7 cm³/mol. The Kier molecular flexibility index (Phi) is 4.12. The van der Waals surface area contributed by atoms with Gasteiger partial charge in [0.05, 0.1) is 10.5 Å². The molecule has 0 amide bonds. The molecule has 1 aromatic carbocycles. The SMILES string of the molecule is CC(C)n1c(Sc2c(F)cc(C(=O)O)cc2F)n[nH]c1=O. The van der Waals surface area contributed by atoms with E-state index in [0.717, 1.165) is 12.1 Å². The van der Waals surface area contributed by atoms with Crippen LogP contribution in [0.25, 0.3) is 0 Å². The molecule has 9 heteroatoms. The molecule has 0 spiro atoms. The molecule has 6 nitrogen and oxygen atoms in total. The summed E-state index contributed by atoms with van der Waals surface area (Å²) in [6.07, 6.45) is 0. The summed E-state index contributed by atoms with van der Waals surface area (Å²) in [6.45, 7) is 3.45. The van der Waals surface area contributed by atoms with Crippen molar-refractivity contribution in [3.8, 4) is 0 Å². The van der Waals surface area contributed by atoms with Crippen LogP contribution in [0.15, 0.2) is 27.0 Å². The lowest BCUT2D eigenvalue weighted by molar-refractivity contribution is 0.0695. The number of benzene rings is 1. The van der Waals surface area contributed by atoms with Crippen LogP contribution in [0.4, 0.5) is 8.78 Å². The zero-order valence-electron chi connectivity index (χ0n) is 11.1. The van der Waals surface area contributed by atoms with Crippen molar-refractivity contribution in [1.29, 1.82) is 0 Å². The highest BCUT2D eigenvalue weighted by Gasteiger charge is 2.20. The molecule has 2 aromatic rings. The molecule has 0 bridgehead atoms. The minimum absolute atomic E-state index is 0.0934. The largest absolute Gasteiger partial charge is 0.478 e. The van der Waals surface area contributed by atoms with Gasteiger partial charge in [0.15, 0.2) is 5.16 Å². The van der Waals surface area contributed by atoms with Crippen LogP contribution in [-0.2, 0) is 0 Å². The van der Waals surface area contributed by atoms with Gasteiger partial charge in [0.1, 0.15) is 11.6 Å². The van der Waals surface area contributed by atoms with Gasteiger partial charge in [-0.05, 0) is 37.7 Å². The average molecular weight is 315 g/mol. The van der Waals surface area contributed by atoms with E-state index in [-0.39, 0.29) is 11.2 Å². The van der Waals surface area contributed by atoms with Gasteiger partial charge in [0.25, 0.3) is 0 Å². The third-order valence-corrected chi connectivity index (χ3v) is 3.69. The molecule has 0 fully saturated rings. The van der Waals surface area contributed by atoms with Gasteiger partial charge >= 0.3 is 11.7 Å². The molecular formula is C12H11F2N3O3S. The van der Waals surface area contributed by atoms with E-state index in [4.69, 9.17) is 5.11 Å². The van der Waals surface area contributed by atoms with E-state index in [0.29, 0.717) is 11.8 Å². The molecular weight excluding hydrogens is 304 g/mol. The number of carbonyl (C=O) groups is 1. The van der Waals surface area contributed by atoms with Crippen molar-refractivity contribution in [2.45, 2.75) is 29.9 Å². The summed E-state index contributed by atoms with van der Waals surface area (Å²) in [6, 6.07) is 1.19. The highest BCUT2D eigenvalue weighted by molar-refractivity contribution is 7.99. The smallest absolute Gasteiger partial charge is 0.344 e. The molecule has 0 atom stereocenters. The Morgan fingerprint density at radius 2 is 1.95 bits per heavy atom. The van der Waals surface area contributed by atoms with Gasteiger partial charge in [0, 0.05) is 6.04 Å². The highest BCUT2D eigenvalue weighted by atomic mass is 32.2. The number of hydrogen-bond donors (Lipinski definition) is 2. The van der Waals surface area contributed by atoms with E-state index >= 15 is 0 Å². The normalized spacial score (nSPS) is 11.1. The first kappa shape index (κ1) is 15.2. The Hall–Kier alpha value is -2.16. The Balaban J connectivity index is 2.46. The molecule has 112 valence electrons. The van der Waals surface area contributed by atoms with Gasteiger partial charge in [-0.25, -0.2) is 23.5 Å². The standard InChI is InChI=1S/C12H11F2N3O3S/c1-5(2)17-11(20)15-16-12(17)21-9-7(13)3-6(10(18)19)4-8(9)14/h3-5H,1-2H3,(H,15,20)(H,18,19). The number of carboxylic acids is 1. The van der Waals surface area contributed by atoms with Gasteiger partial charge in [-0.3, -0.25) is 4.57 Å². The van der Waals surface area contributed by atoms with Crippen LogP contribution in [0.5, 0.6) is 0 Å². The third-order valence-electron chi connectivity index (χ3n) is 2.63. The van der Waals surface area contributed by atoms with Crippen molar-refractivity contribution in [3.05, 3.63) is 39.8 Å². The molecule has 1 heterocycles. The molecule has 0 aliphatic carbocycles. The molecule has 0 radical (unpaired) electrons. The summed E-state index contributed by atoms with van der Waals surface area (Å²) in [7, 11) is 0. The van der Waals surface area contributed by atoms with E-state index < -0.39 is 33.8 Å². The van der Waals surface area contributed by atoms with Crippen LogP contribution in [0.2, 0.25) is 0 Å². The van der Waals surface area contributed by atoms with Crippen molar-refractivity contribution in [1.82, 2.24) is 14.8 Å². The number of nitrogens with zero attached hydrogens (tertiary/aromatic N) is 2. The van der Waals surface area contributed by atoms with Crippen LogP contribution in [0.3, 0.4) is 0 Å². The Bertz CT molecular complexity index is 731. The van der Waals surface area contributed by atoms with Crippen molar-refractivity contribution in [3.63, 3.8) is 0 Å². The van der Waals surface area contributed by atoms with Gasteiger partial charge in [-0.15, -0.1) is 5.10 Å². The average Bonchev–Trinajstić information content (AvgIpc) is 2.74. The maximum Gasteiger partial charge on any atom is 0.344 e. The second-order valence-electron chi connectivity index (χ2n) is 4.45. The molecule has 2 rings (SSSR count). The summed E-state index contributed by atoms with van der Waals surface area (Å²) < 4.78 is 28.9. The van der Waals surface area contributed by atoms with Gasteiger partial charge in [-0.1, -0.05) is 0 Å². The first-order valence-electron chi connectivity index (χ1n) is 5.88. The quantitative estimate of drug-likeness (QED) is 0.903. The Labute approximate surface area is 121 Å². The van der Waals surface area contributed by atoms with Crippen molar-refractivity contribution < 1.29 is 18.7 Å². The number of hydrogen-bond acceptors (Lipinski definition) is 4. The maximum absolute atomic E-state index is 13.8. The van der Waals surface area contributed by atoms with E-state index in [9.17, 15) is 18.4 Å². The Morgan fingerprint density at radius 1 is 1.38 bits per heavy atom. The second kappa shape index (κ2) is 5.68. The first-order chi connectivity index (χ1) is 9.81. The third kappa shape index (κ3) is 2.97. The van der Waals surface area contributed by atoms with Crippen molar-refractivity contribution in [2.75, 3.05) is 0 Å². The lowest BCUT2D eigenvalue weighted by atomic mass is 10.2. The van der Waals surface area contributed by atoms with Gasteiger partial charge < -0.3 is 5.11 Å². The van der Waals surface area contributed by atoms with Crippen LogP contribution in [-0.4, -0.2) is 25.8 Å². The zero-order chi connectivity index (χ0) is 15.7. The number of halogens is 2. The Morgan fingerprint density at radius 3 is 2.43 bits per heavy atom. The fourth-order valence-electron chi connectivity index (χ4n) is 1.69. The zero-order valence-corrected chi connectivity index (χ0v) is 11.9. The second-order valence-corrected chi connectivity index (χ2v) is 5.43. The van der Waals surface area contributed by atoms with Crippen molar-refractivity contribution >= 4 is 17.7 Å². The number of nitrogens with one attached hydrogen (secondary N) is 1. The number of rotatable bonds is 4. The lowest BCUT2D eigenvalue weighted by Gasteiger charge is -2.09. The minimum atomic E-state index is -1.43. The molecule has 0 saturated carbocycles. The number of aromatic amines is 1.